The van der Waals surface area contributed by atoms with Crippen LogP contribution in [-0.2, 0) is 4.74 Å². The van der Waals surface area contributed by atoms with Crippen LogP contribution in [0.3, 0.4) is 0 Å². The standard InChI is InChI=1S/C13H26O4/c1-7(2)12-11(16)10(15)9(14)8(17-12)6-13(3,4)5/h7-12,14-16H,6H2,1-5H3. The molecule has 0 aromatic heterocycles. The van der Waals surface area contributed by atoms with Crippen molar-refractivity contribution >= 4 is 0 Å². The van der Waals surface area contributed by atoms with Crippen LogP contribution < -0.4 is 0 Å². The van der Waals surface area contributed by atoms with Crippen LogP contribution >= 0.6 is 0 Å². The zero-order valence-corrected chi connectivity index (χ0v) is 11.4. The summed E-state index contributed by atoms with van der Waals surface area (Å²) < 4.78 is 5.76. The predicted molar refractivity (Wildman–Crippen MR) is 65.6 cm³/mol. The zero-order chi connectivity index (χ0) is 13.4. The molecule has 0 saturated carbocycles. The second-order valence-corrected chi connectivity index (χ2v) is 6.62. The smallest absolute Gasteiger partial charge is 0.111 e. The monoisotopic (exact) mass is 246 g/mol. The molecular weight excluding hydrogens is 220 g/mol. The molecule has 1 rings (SSSR count). The SMILES string of the molecule is CC(C)C1OC(CC(C)(C)C)C(O)C(O)C1O. The van der Waals surface area contributed by atoms with Crippen LogP contribution in [0.25, 0.3) is 0 Å². The van der Waals surface area contributed by atoms with Crippen molar-refractivity contribution in [2.75, 3.05) is 0 Å². The third kappa shape index (κ3) is 3.65. The van der Waals surface area contributed by atoms with Gasteiger partial charge in [-0.15, -0.1) is 0 Å². The fourth-order valence-electron chi connectivity index (χ4n) is 2.30. The highest BCUT2D eigenvalue weighted by Gasteiger charge is 2.45. The maximum Gasteiger partial charge on any atom is 0.111 e. The van der Waals surface area contributed by atoms with Gasteiger partial charge in [0.15, 0.2) is 0 Å². The maximum atomic E-state index is 9.94. The van der Waals surface area contributed by atoms with E-state index in [-0.39, 0.29) is 11.3 Å². The van der Waals surface area contributed by atoms with Gasteiger partial charge in [0.05, 0.1) is 12.2 Å². The number of hydrogen-bond acceptors (Lipinski definition) is 4. The van der Waals surface area contributed by atoms with Crippen LogP contribution in [-0.4, -0.2) is 45.8 Å². The number of ether oxygens (including phenoxy) is 1. The Morgan fingerprint density at radius 3 is 1.94 bits per heavy atom. The van der Waals surface area contributed by atoms with Crippen molar-refractivity contribution in [2.45, 2.75) is 71.6 Å². The summed E-state index contributed by atoms with van der Waals surface area (Å²) in [6.45, 7) is 10.1. The van der Waals surface area contributed by atoms with Gasteiger partial charge < -0.3 is 20.1 Å². The molecule has 1 aliphatic rings. The lowest BCUT2D eigenvalue weighted by atomic mass is 9.82. The molecule has 1 aliphatic heterocycles. The Morgan fingerprint density at radius 1 is 1.00 bits per heavy atom. The summed E-state index contributed by atoms with van der Waals surface area (Å²) in [6.07, 6.45) is -3.33. The fraction of sp³-hybridized carbons (Fsp3) is 1.00. The molecule has 102 valence electrons. The Morgan fingerprint density at radius 2 is 1.53 bits per heavy atom. The summed E-state index contributed by atoms with van der Waals surface area (Å²) in [5, 5.41) is 29.6. The van der Waals surface area contributed by atoms with Crippen LogP contribution in [0.1, 0.15) is 41.0 Å². The van der Waals surface area contributed by atoms with E-state index >= 15 is 0 Å². The Labute approximate surface area is 104 Å². The molecule has 0 spiro atoms. The van der Waals surface area contributed by atoms with Crippen molar-refractivity contribution in [2.24, 2.45) is 11.3 Å². The lowest BCUT2D eigenvalue weighted by molar-refractivity contribution is -0.237. The first-order valence-electron chi connectivity index (χ1n) is 6.33. The highest BCUT2D eigenvalue weighted by molar-refractivity contribution is 4.94. The van der Waals surface area contributed by atoms with E-state index in [2.05, 4.69) is 20.8 Å². The van der Waals surface area contributed by atoms with Crippen molar-refractivity contribution in [1.29, 1.82) is 0 Å². The molecule has 4 heteroatoms. The van der Waals surface area contributed by atoms with Gasteiger partial charge in [0.1, 0.15) is 18.3 Å². The summed E-state index contributed by atoms with van der Waals surface area (Å²) in [6, 6.07) is 0. The lowest BCUT2D eigenvalue weighted by Gasteiger charge is -2.44. The van der Waals surface area contributed by atoms with Crippen molar-refractivity contribution in [1.82, 2.24) is 0 Å². The van der Waals surface area contributed by atoms with Crippen molar-refractivity contribution in [3.63, 3.8) is 0 Å². The molecule has 0 amide bonds. The van der Waals surface area contributed by atoms with Crippen molar-refractivity contribution in [3.05, 3.63) is 0 Å². The van der Waals surface area contributed by atoms with Gasteiger partial charge in [0, 0.05) is 0 Å². The molecule has 1 fully saturated rings. The molecular formula is C13H26O4. The molecule has 3 N–H and O–H groups in total. The van der Waals surface area contributed by atoms with Gasteiger partial charge in [0.2, 0.25) is 0 Å². The summed E-state index contributed by atoms with van der Waals surface area (Å²) in [7, 11) is 0. The van der Waals surface area contributed by atoms with Gasteiger partial charge in [-0.3, -0.25) is 0 Å². The number of aliphatic hydroxyl groups is 3. The molecule has 1 heterocycles. The van der Waals surface area contributed by atoms with E-state index in [4.69, 9.17) is 4.74 Å². The van der Waals surface area contributed by atoms with E-state index in [1.54, 1.807) is 0 Å². The minimum absolute atomic E-state index is 0.00912. The minimum atomic E-state index is -1.12. The minimum Gasteiger partial charge on any atom is -0.388 e. The first kappa shape index (κ1) is 14.9. The number of hydrogen-bond donors (Lipinski definition) is 3. The molecule has 4 nitrogen and oxygen atoms in total. The van der Waals surface area contributed by atoms with Gasteiger partial charge in [-0.25, -0.2) is 0 Å². The Hall–Kier alpha value is -0.160. The third-order valence-electron chi connectivity index (χ3n) is 3.22. The molecule has 0 aliphatic carbocycles. The molecule has 1 saturated heterocycles. The van der Waals surface area contributed by atoms with Gasteiger partial charge in [-0.05, 0) is 17.8 Å². The molecule has 0 radical (unpaired) electrons. The van der Waals surface area contributed by atoms with Crippen molar-refractivity contribution < 1.29 is 20.1 Å². The van der Waals surface area contributed by atoms with Gasteiger partial charge in [-0.2, -0.15) is 0 Å². The molecule has 5 atom stereocenters. The fourth-order valence-corrected chi connectivity index (χ4v) is 2.30. The molecule has 5 unspecified atom stereocenters. The topological polar surface area (TPSA) is 69.9 Å². The van der Waals surface area contributed by atoms with Gasteiger partial charge in [-0.1, -0.05) is 34.6 Å². The average Bonchev–Trinajstić information content (AvgIpc) is 2.16. The quantitative estimate of drug-likeness (QED) is 0.678. The van der Waals surface area contributed by atoms with E-state index in [0.717, 1.165) is 0 Å². The predicted octanol–water partition coefficient (Wildman–Crippen LogP) is 0.929. The zero-order valence-electron chi connectivity index (χ0n) is 11.4. The summed E-state index contributed by atoms with van der Waals surface area (Å²) in [4.78, 5) is 0. The summed E-state index contributed by atoms with van der Waals surface area (Å²) >= 11 is 0. The van der Waals surface area contributed by atoms with E-state index in [1.165, 1.54) is 0 Å². The van der Waals surface area contributed by atoms with E-state index in [9.17, 15) is 15.3 Å². The Bertz CT molecular complexity index is 246. The largest absolute Gasteiger partial charge is 0.388 e. The second kappa shape index (κ2) is 5.22. The average molecular weight is 246 g/mol. The van der Waals surface area contributed by atoms with Crippen LogP contribution in [0.15, 0.2) is 0 Å². The normalized spacial score (nSPS) is 39.7. The summed E-state index contributed by atoms with van der Waals surface area (Å²) in [5.41, 5.74) is 0.00912. The Kier molecular flexibility index (Phi) is 4.58. The second-order valence-electron chi connectivity index (χ2n) is 6.62. The van der Waals surface area contributed by atoms with Crippen LogP contribution in [0.4, 0.5) is 0 Å². The first-order chi connectivity index (χ1) is 7.63. The third-order valence-corrected chi connectivity index (χ3v) is 3.22. The lowest BCUT2D eigenvalue weighted by Crippen LogP contribution is -2.59. The van der Waals surface area contributed by atoms with Crippen LogP contribution in [0, 0.1) is 11.3 Å². The Balaban J connectivity index is 2.78. The number of rotatable bonds is 2. The van der Waals surface area contributed by atoms with Gasteiger partial charge in [0.25, 0.3) is 0 Å². The van der Waals surface area contributed by atoms with Crippen LogP contribution in [0.5, 0.6) is 0 Å². The molecule has 0 bridgehead atoms. The highest BCUT2D eigenvalue weighted by atomic mass is 16.5. The maximum absolute atomic E-state index is 9.94. The molecule has 0 aromatic rings. The van der Waals surface area contributed by atoms with E-state index < -0.39 is 30.5 Å². The van der Waals surface area contributed by atoms with E-state index in [1.807, 2.05) is 13.8 Å². The van der Waals surface area contributed by atoms with Crippen molar-refractivity contribution in [3.8, 4) is 0 Å². The number of aliphatic hydroxyl groups excluding tert-OH is 3. The van der Waals surface area contributed by atoms with Crippen LogP contribution in [0.2, 0.25) is 0 Å². The first-order valence-corrected chi connectivity index (χ1v) is 6.33. The van der Waals surface area contributed by atoms with E-state index in [0.29, 0.717) is 6.42 Å². The summed E-state index contributed by atoms with van der Waals surface area (Å²) in [5.74, 6) is 0.106. The molecule has 0 aromatic carbocycles. The van der Waals surface area contributed by atoms with Gasteiger partial charge >= 0.3 is 0 Å². The molecule has 17 heavy (non-hydrogen) atoms. The highest BCUT2D eigenvalue weighted by Crippen LogP contribution is 2.32.